The number of para-hydroxylation sites is 1. The number of hydrogen-bond donors (Lipinski definition) is 1. The highest BCUT2D eigenvalue weighted by Gasteiger charge is 2.09. The van der Waals surface area contributed by atoms with E-state index in [4.69, 9.17) is 4.74 Å². The number of ether oxygens (including phenoxy) is 1. The number of aliphatic hydroxyl groups excluding tert-OH is 1. The molecule has 108 valence electrons. The molecular formula is C16H15NO2S2. The number of thioether (sulfide) groups is 1. The van der Waals surface area contributed by atoms with Crippen molar-refractivity contribution in [3.63, 3.8) is 0 Å². The Hall–Kier alpha value is -1.56. The molecule has 3 nitrogen and oxygen atoms in total. The maximum absolute atomic E-state index is 9.50. The fraction of sp³-hybridized carbons (Fsp3) is 0.188. The van der Waals surface area contributed by atoms with E-state index in [0.29, 0.717) is 5.19 Å². The van der Waals surface area contributed by atoms with Crippen LogP contribution in [0.2, 0.25) is 0 Å². The summed E-state index contributed by atoms with van der Waals surface area (Å²) in [6.07, 6.45) is 1.58. The van der Waals surface area contributed by atoms with E-state index in [0.717, 1.165) is 26.4 Å². The van der Waals surface area contributed by atoms with Crippen LogP contribution < -0.4 is 4.74 Å². The van der Waals surface area contributed by atoms with Gasteiger partial charge in [-0.1, -0.05) is 29.5 Å². The summed E-state index contributed by atoms with van der Waals surface area (Å²) in [7, 11) is 0. The predicted octanol–water partition coefficient (Wildman–Crippen LogP) is 4.86. The average molecular weight is 317 g/mol. The Morgan fingerprint density at radius 1 is 1.19 bits per heavy atom. The minimum atomic E-state index is -0.467. The number of benzene rings is 2. The van der Waals surface area contributed by atoms with E-state index >= 15 is 0 Å². The van der Waals surface area contributed by atoms with Gasteiger partial charge < -0.3 is 9.84 Å². The van der Waals surface area contributed by atoms with E-state index in [1.54, 1.807) is 18.7 Å². The predicted molar refractivity (Wildman–Crippen MR) is 88.6 cm³/mol. The molecule has 0 saturated heterocycles. The molecule has 1 unspecified atom stereocenters. The van der Waals surface area contributed by atoms with Crippen molar-refractivity contribution in [2.45, 2.75) is 17.9 Å². The quantitative estimate of drug-likeness (QED) is 0.698. The van der Waals surface area contributed by atoms with Crippen LogP contribution >= 0.6 is 23.1 Å². The van der Waals surface area contributed by atoms with Gasteiger partial charge in [-0.3, -0.25) is 0 Å². The fourth-order valence-electron chi connectivity index (χ4n) is 2.03. The van der Waals surface area contributed by atoms with Crippen LogP contribution in [0.3, 0.4) is 0 Å². The van der Waals surface area contributed by atoms with Gasteiger partial charge >= 0.3 is 0 Å². The van der Waals surface area contributed by atoms with Gasteiger partial charge in [-0.05, 0) is 43.0 Å². The van der Waals surface area contributed by atoms with E-state index < -0.39 is 6.10 Å². The molecule has 21 heavy (non-hydrogen) atoms. The number of thiazole rings is 1. The highest BCUT2D eigenvalue weighted by Crippen LogP contribution is 2.35. The van der Waals surface area contributed by atoms with Crippen molar-refractivity contribution in [1.29, 1.82) is 0 Å². The molecule has 0 amide bonds. The van der Waals surface area contributed by atoms with E-state index in [1.165, 1.54) is 11.3 Å². The smallest absolute Gasteiger partial charge is 0.279 e. The van der Waals surface area contributed by atoms with Gasteiger partial charge in [0.25, 0.3) is 5.19 Å². The normalized spacial score (nSPS) is 12.5. The van der Waals surface area contributed by atoms with E-state index in [2.05, 4.69) is 17.1 Å². The molecule has 0 saturated carbocycles. The average Bonchev–Trinajstić information content (AvgIpc) is 2.90. The van der Waals surface area contributed by atoms with Crippen LogP contribution in [0.25, 0.3) is 10.2 Å². The number of aromatic nitrogens is 1. The van der Waals surface area contributed by atoms with Crippen LogP contribution in [-0.2, 0) is 0 Å². The zero-order valence-electron chi connectivity index (χ0n) is 11.7. The molecule has 0 fully saturated rings. The summed E-state index contributed by atoms with van der Waals surface area (Å²) in [5.41, 5.74) is 1.86. The molecule has 1 heterocycles. The number of aliphatic hydroxyl groups is 1. The first-order chi connectivity index (χ1) is 10.2. The molecule has 2 aromatic carbocycles. The van der Waals surface area contributed by atoms with Gasteiger partial charge in [-0.15, -0.1) is 11.8 Å². The summed E-state index contributed by atoms with van der Waals surface area (Å²) in [6.45, 7) is 1.74. The lowest BCUT2D eigenvalue weighted by atomic mass is 10.1. The molecule has 0 radical (unpaired) electrons. The monoisotopic (exact) mass is 317 g/mol. The fourth-order valence-corrected chi connectivity index (χ4v) is 3.52. The van der Waals surface area contributed by atoms with Crippen LogP contribution in [0.1, 0.15) is 18.6 Å². The molecule has 0 aliphatic carbocycles. The Morgan fingerprint density at radius 2 is 1.95 bits per heavy atom. The minimum Gasteiger partial charge on any atom is -0.431 e. The second kappa shape index (κ2) is 6.05. The molecule has 0 spiro atoms. The molecule has 5 heteroatoms. The Morgan fingerprint density at radius 3 is 2.62 bits per heavy atom. The summed E-state index contributed by atoms with van der Waals surface area (Å²) in [4.78, 5) is 5.72. The Labute approximate surface area is 131 Å². The standard InChI is InChI=1S/C16H15NO2S2/c1-10(18)11-6-8-12(9-7-11)19-16-17-15-13(20-2)4-3-5-14(15)21-16/h3-10,18H,1-2H3. The summed E-state index contributed by atoms with van der Waals surface area (Å²) >= 11 is 3.22. The summed E-state index contributed by atoms with van der Waals surface area (Å²) in [5, 5.41) is 10.1. The highest BCUT2D eigenvalue weighted by molar-refractivity contribution is 7.98. The van der Waals surface area contributed by atoms with Gasteiger partial charge in [0, 0.05) is 4.90 Å². The molecule has 1 atom stereocenters. The molecule has 1 aromatic heterocycles. The molecule has 3 rings (SSSR count). The zero-order valence-corrected chi connectivity index (χ0v) is 13.4. The third-order valence-electron chi connectivity index (χ3n) is 3.15. The summed E-state index contributed by atoms with van der Waals surface area (Å²) in [5.74, 6) is 0.726. The SMILES string of the molecule is CSc1cccc2sc(Oc3ccc(C(C)O)cc3)nc12. The maximum Gasteiger partial charge on any atom is 0.279 e. The first-order valence-electron chi connectivity index (χ1n) is 6.57. The Bertz CT molecular complexity index is 751. The van der Waals surface area contributed by atoms with Crippen molar-refractivity contribution in [2.24, 2.45) is 0 Å². The molecule has 0 aliphatic rings. The summed E-state index contributed by atoms with van der Waals surface area (Å²) in [6, 6.07) is 13.6. The molecule has 3 aromatic rings. The molecule has 0 aliphatic heterocycles. The van der Waals surface area contributed by atoms with Crippen LogP contribution in [0.15, 0.2) is 47.4 Å². The van der Waals surface area contributed by atoms with Crippen LogP contribution in [0, 0.1) is 0 Å². The van der Waals surface area contributed by atoms with Gasteiger partial charge in [-0.2, -0.15) is 0 Å². The van der Waals surface area contributed by atoms with Crippen LogP contribution in [0.5, 0.6) is 10.9 Å². The lowest BCUT2D eigenvalue weighted by Crippen LogP contribution is -1.90. The van der Waals surface area contributed by atoms with Crippen molar-refractivity contribution >= 4 is 33.3 Å². The van der Waals surface area contributed by atoms with Crippen molar-refractivity contribution in [3.05, 3.63) is 48.0 Å². The Kier molecular flexibility index (Phi) is 4.14. The van der Waals surface area contributed by atoms with Crippen LogP contribution in [0.4, 0.5) is 0 Å². The second-order valence-corrected chi connectivity index (χ2v) is 6.48. The molecule has 0 bridgehead atoms. The minimum absolute atomic E-state index is 0.467. The first kappa shape index (κ1) is 14.4. The third kappa shape index (κ3) is 3.05. The van der Waals surface area contributed by atoms with E-state index in [-0.39, 0.29) is 0 Å². The summed E-state index contributed by atoms with van der Waals surface area (Å²) < 4.78 is 6.94. The van der Waals surface area contributed by atoms with Gasteiger partial charge in [0.2, 0.25) is 0 Å². The molecular weight excluding hydrogens is 302 g/mol. The number of fused-ring (bicyclic) bond motifs is 1. The van der Waals surface area contributed by atoms with Crippen molar-refractivity contribution in [2.75, 3.05) is 6.26 Å². The van der Waals surface area contributed by atoms with E-state index in [1.807, 2.05) is 36.6 Å². The second-order valence-electron chi connectivity index (χ2n) is 4.63. The topological polar surface area (TPSA) is 42.4 Å². The van der Waals surface area contributed by atoms with Crippen molar-refractivity contribution < 1.29 is 9.84 Å². The number of nitrogens with zero attached hydrogens (tertiary/aromatic N) is 1. The first-order valence-corrected chi connectivity index (χ1v) is 8.61. The lowest BCUT2D eigenvalue weighted by Gasteiger charge is -2.05. The zero-order chi connectivity index (χ0) is 14.8. The third-order valence-corrected chi connectivity index (χ3v) is 4.82. The van der Waals surface area contributed by atoms with E-state index in [9.17, 15) is 5.11 Å². The van der Waals surface area contributed by atoms with Gasteiger partial charge in [0.15, 0.2) is 0 Å². The van der Waals surface area contributed by atoms with Crippen LogP contribution in [-0.4, -0.2) is 16.3 Å². The van der Waals surface area contributed by atoms with Gasteiger partial charge in [0.1, 0.15) is 5.75 Å². The highest BCUT2D eigenvalue weighted by atomic mass is 32.2. The lowest BCUT2D eigenvalue weighted by molar-refractivity contribution is 0.199. The number of rotatable bonds is 4. The van der Waals surface area contributed by atoms with Crippen molar-refractivity contribution in [1.82, 2.24) is 4.98 Å². The Balaban J connectivity index is 1.87. The number of hydrogen-bond acceptors (Lipinski definition) is 5. The van der Waals surface area contributed by atoms with Gasteiger partial charge in [0.05, 0.1) is 16.3 Å². The van der Waals surface area contributed by atoms with Crippen molar-refractivity contribution in [3.8, 4) is 10.9 Å². The largest absolute Gasteiger partial charge is 0.431 e. The molecule has 1 N–H and O–H groups in total. The van der Waals surface area contributed by atoms with Gasteiger partial charge in [-0.25, -0.2) is 4.98 Å². The maximum atomic E-state index is 9.50.